The highest BCUT2D eigenvalue weighted by Gasteiger charge is 2.54. The fraction of sp³-hybridized carbons (Fsp3) is 0.733. The molecule has 2 N–H and O–H groups in total. The zero-order chi connectivity index (χ0) is 14.4. The van der Waals surface area contributed by atoms with E-state index >= 15 is 0 Å². The van der Waals surface area contributed by atoms with Gasteiger partial charge in [-0.3, -0.25) is 9.59 Å². The van der Waals surface area contributed by atoms with Crippen LogP contribution in [0.3, 0.4) is 0 Å². The highest BCUT2D eigenvalue weighted by atomic mass is 16.2. The lowest BCUT2D eigenvalue weighted by Crippen LogP contribution is -2.38. The normalized spacial score (nSPS) is 31.5. The Balaban J connectivity index is 2.31. The summed E-state index contributed by atoms with van der Waals surface area (Å²) in [7, 11) is 0. The van der Waals surface area contributed by atoms with Crippen LogP contribution in [0, 0.1) is 23.2 Å². The van der Waals surface area contributed by atoms with Gasteiger partial charge in [-0.1, -0.05) is 20.8 Å². The molecular weight excluding hydrogens is 240 g/mol. The molecule has 0 unspecified atom stereocenters. The second-order valence-electron chi connectivity index (χ2n) is 6.53. The Morgan fingerprint density at radius 2 is 1.89 bits per heavy atom. The first-order valence-corrected chi connectivity index (χ1v) is 7.00. The molecule has 2 amide bonds. The Bertz CT molecular complexity index is 451. The summed E-state index contributed by atoms with van der Waals surface area (Å²) in [6, 6.07) is 0. The van der Waals surface area contributed by atoms with E-state index in [2.05, 4.69) is 31.4 Å². The molecule has 2 aliphatic carbocycles. The summed E-state index contributed by atoms with van der Waals surface area (Å²) in [6.07, 6.45) is 1.10. The van der Waals surface area contributed by atoms with Crippen molar-refractivity contribution in [2.45, 2.75) is 41.0 Å². The third-order valence-corrected chi connectivity index (χ3v) is 5.14. The number of allylic oxidation sites excluding steroid dienone is 1. The van der Waals surface area contributed by atoms with E-state index in [1.807, 2.05) is 0 Å². The van der Waals surface area contributed by atoms with Crippen LogP contribution in [0.2, 0.25) is 0 Å². The van der Waals surface area contributed by atoms with E-state index in [1.165, 1.54) is 12.5 Å². The van der Waals surface area contributed by atoms with Crippen LogP contribution < -0.4 is 10.6 Å². The second-order valence-corrected chi connectivity index (χ2v) is 6.53. The first-order chi connectivity index (χ1) is 8.75. The van der Waals surface area contributed by atoms with Crippen LogP contribution in [0.1, 0.15) is 41.0 Å². The average Bonchev–Trinajstić information content (AvgIpc) is 2.72. The van der Waals surface area contributed by atoms with E-state index < -0.39 is 0 Å². The third kappa shape index (κ3) is 2.28. The highest BCUT2D eigenvalue weighted by Crippen LogP contribution is 2.60. The van der Waals surface area contributed by atoms with Crippen LogP contribution in [0.5, 0.6) is 0 Å². The number of fused-ring (bicyclic) bond motifs is 2. The lowest BCUT2D eigenvalue weighted by molar-refractivity contribution is -0.119. The number of carbonyl (C=O) groups is 2. The molecule has 19 heavy (non-hydrogen) atoms. The van der Waals surface area contributed by atoms with Crippen molar-refractivity contribution in [1.82, 2.24) is 10.6 Å². The van der Waals surface area contributed by atoms with Gasteiger partial charge in [-0.2, -0.15) is 0 Å². The van der Waals surface area contributed by atoms with Crippen LogP contribution in [0.25, 0.3) is 0 Å². The van der Waals surface area contributed by atoms with Crippen molar-refractivity contribution in [1.29, 1.82) is 0 Å². The first kappa shape index (κ1) is 14.1. The maximum atomic E-state index is 11.4. The zero-order valence-corrected chi connectivity index (χ0v) is 12.5. The summed E-state index contributed by atoms with van der Waals surface area (Å²) in [6.45, 7) is 10.5. The number of amides is 2. The molecule has 0 heterocycles. The minimum atomic E-state index is -0.0247. The molecule has 2 rings (SSSR count). The van der Waals surface area contributed by atoms with Crippen LogP contribution in [-0.2, 0) is 9.59 Å². The van der Waals surface area contributed by atoms with Gasteiger partial charge in [0, 0.05) is 32.0 Å². The predicted octanol–water partition coefficient (Wildman–Crippen LogP) is 1.82. The van der Waals surface area contributed by atoms with Gasteiger partial charge in [-0.15, -0.1) is 0 Å². The van der Waals surface area contributed by atoms with Gasteiger partial charge >= 0.3 is 0 Å². The maximum Gasteiger partial charge on any atom is 0.221 e. The molecule has 0 aromatic carbocycles. The number of carbonyl (C=O) groups excluding carboxylic acids is 2. The molecular formula is C15H24N2O2. The molecule has 3 atom stereocenters. The predicted molar refractivity (Wildman–Crippen MR) is 74.1 cm³/mol. The van der Waals surface area contributed by atoms with Crippen LogP contribution >= 0.6 is 0 Å². The molecule has 2 aliphatic rings. The van der Waals surface area contributed by atoms with E-state index in [9.17, 15) is 9.59 Å². The standard InChI is InChI=1S/C15H24N2O2/c1-8-11-6-13(15(8,4)5)12(7-16-9(2)18)14(11)17-10(3)19/h8,11,13H,6-7H2,1-5H3,(H,16,18)(H,17,19)/t8-,11-,13-/m1/s1. The van der Waals surface area contributed by atoms with Gasteiger partial charge in [0.15, 0.2) is 0 Å². The summed E-state index contributed by atoms with van der Waals surface area (Å²) in [5, 5.41) is 5.88. The molecule has 1 fully saturated rings. The maximum absolute atomic E-state index is 11.4. The Hall–Kier alpha value is -1.32. The summed E-state index contributed by atoms with van der Waals surface area (Å²) < 4.78 is 0. The van der Waals surface area contributed by atoms with Crippen molar-refractivity contribution in [3.63, 3.8) is 0 Å². The number of hydrogen-bond acceptors (Lipinski definition) is 2. The largest absolute Gasteiger partial charge is 0.353 e. The lowest BCUT2D eigenvalue weighted by Gasteiger charge is -2.39. The molecule has 1 saturated carbocycles. The lowest BCUT2D eigenvalue weighted by atomic mass is 9.68. The van der Waals surface area contributed by atoms with Crippen LogP contribution in [-0.4, -0.2) is 18.4 Å². The SMILES string of the molecule is CC(=O)NCC1=C(NC(C)=O)[C@@H]2C[C@H]1C(C)(C)[C@@H]2C. The Labute approximate surface area is 115 Å². The van der Waals surface area contributed by atoms with Crippen LogP contribution in [0.15, 0.2) is 11.3 Å². The Morgan fingerprint density at radius 3 is 2.42 bits per heavy atom. The third-order valence-electron chi connectivity index (χ3n) is 5.14. The van der Waals surface area contributed by atoms with Crippen molar-refractivity contribution < 1.29 is 9.59 Å². The molecule has 4 nitrogen and oxygen atoms in total. The molecule has 0 saturated heterocycles. The van der Waals surface area contributed by atoms with Gasteiger partial charge < -0.3 is 10.6 Å². The topological polar surface area (TPSA) is 58.2 Å². The minimum absolute atomic E-state index is 0.0205. The minimum Gasteiger partial charge on any atom is -0.353 e. The van der Waals surface area contributed by atoms with Crippen molar-refractivity contribution in [3.8, 4) is 0 Å². The van der Waals surface area contributed by atoms with Crippen molar-refractivity contribution in [2.24, 2.45) is 23.2 Å². The summed E-state index contributed by atoms with van der Waals surface area (Å²) >= 11 is 0. The monoisotopic (exact) mass is 264 g/mol. The number of hydrogen-bond donors (Lipinski definition) is 2. The first-order valence-electron chi connectivity index (χ1n) is 7.00. The van der Waals surface area contributed by atoms with Gasteiger partial charge in [0.2, 0.25) is 11.8 Å². The van der Waals surface area contributed by atoms with Gasteiger partial charge in [0.05, 0.1) is 0 Å². The van der Waals surface area contributed by atoms with Gasteiger partial charge in [-0.25, -0.2) is 0 Å². The Morgan fingerprint density at radius 1 is 1.26 bits per heavy atom. The Kier molecular flexibility index (Phi) is 3.45. The fourth-order valence-corrected chi connectivity index (χ4v) is 3.78. The van der Waals surface area contributed by atoms with Crippen LogP contribution in [0.4, 0.5) is 0 Å². The second kappa shape index (κ2) is 4.66. The quantitative estimate of drug-likeness (QED) is 0.817. The van der Waals surface area contributed by atoms with E-state index in [0.29, 0.717) is 24.3 Å². The van der Waals surface area contributed by atoms with Gasteiger partial charge in [0.25, 0.3) is 0 Å². The molecule has 0 aromatic heterocycles. The molecule has 0 spiro atoms. The number of rotatable bonds is 3. The van der Waals surface area contributed by atoms with E-state index in [4.69, 9.17) is 0 Å². The summed E-state index contributed by atoms with van der Waals surface area (Å²) in [5.74, 6) is 1.39. The number of nitrogens with one attached hydrogen (secondary N) is 2. The van der Waals surface area contributed by atoms with Gasteiger partial charge in [-0.05, 0) is 29.2 Å². The van der Waals surface area contributed by atoms with E-state index in [1.54, 1.807) is 6.92 Å². The molecule has 0 aromatic rings. The van der Waals surface area contributed by atoms with Crippen molar-refractivity contribution in [2.75, 3.05) is 6.54 Å². The van der Waals surface area contributed by atoms with Gasteiger partial charge in [0.1, 0.15) is 0 Å². The summed E-state index contributed by atoms with van der Waals surface area (Å²) in [4.78, 5) is 22.5. The highest BCUT2D eigenvalue weighted by molar-refractivity contribution is 5.76. The molecule has 0 aliphatic heterocycles. The van der Waals surface area contributed by atoms with E-state index in [-0.39, 0.29) is 17.2 Å². The van der Waals surface area contributed by atoms with Crippen molar-refractivity contribution >= 4 is 11.8 Å². The zero-order valence-electron chi connectivity index (χ0n) is 12.5. The molecule has 2 bridgehead atoms. The fourth-order valence-electron chi connectivity index (χ4n) is 3.78. The molecule has 106 valence electrons. The van der Waals surface area contributed by atoms with E-state index in [0.717, 1.165) is 12.1 Å². The summed E-state index contributed by atoms with van der Waals surface area (Å²) in [5.41, 5.74) is 2.53. The molecule has 4 heteroatoms. The molecule has 0 radical (unpaired) electrons. The average molecular weight is 264 g/mol. The van der Waals surface area contributed by atoms with Crippen molar-refractivity contribution in [3.05, 3.63) is 11.3 Å². The smallest absolute Gasteiger partial charge is 0.221 e.